The highest BCUT2D eigenvalue weighted by molar-refractivity contribution is 9.10. The van der Waals surface area contributed by atoms with Gasteiger partial charge >= 0.3 is 0 Å². The first kappa shape index (κ1) is 20.5. The Morgan fingerprint density at radius 1 is 1.52 bits per heavy atom. The minimum Gasteiger partial charge on any atom is -0.490 e. The molecule has 3 rings (SSSR count). The van der Waals surface area contributed by atoms with Crippen molar-refractivity contribution >= 4 is 38.8 Å². The number of nitrogens with two attached hydrogens (primary N) is 1. The van der Waals surface area contributed by atoms with E-state index in [1.54, 1.807) is 11.8 Å². The van der Waals surface area contributed by atoms with Gasteiger partial charge in [-0.1, -0.05) is 48.5 Å². The number of carbonyl (C=O) groups is 1. The lowest BCUT2D eigenvalue weighted by Crippen LogP contribution is -2.42. The van der Waals surface area contributed by atoms with Crippen LogP contribution in [0.1, 0.15) is 52.5 Å². The Kier molecular flexibility index (Phi) is 5.82. The maximum atomic E-state index is 12.2. The van der Waals surface area contributed by atoms with Crippen LogP contribution in [0.3, 0.4) is 0 Å². The first-order chi connectivity index (χ1) is 12.6. The van der Waals surface area contributed by atoms with Crippen molar-refractivity contribution in [3.05, 3.63) is 28.2 Å². The smallest absolute Gasteiger partial charge is 0.225 e. The summed E-state index contributed by atoms with van der Waals surface area (Å²) in [5, 5.41) is 3.75. The molecule has 0 aliphatic carbocycles. The van der Waals surface area contributed by atoms with Crippen LogP contribution in [0, 0.1) is 5.41 Å². The minimum atomic E-state index is -0.376. The molecular weight excluding hydrogens is 426 g/mol. The predicted molar refractivity (Wildman–Crippen MR) is 115 cm³/mol. The standard InChI is InChI=1S/C20H28BrN3O2S/c1-12(23-17(25)19(2,3)4)5-7-14-10-20(11-27-18(22)24-20)15-9-13(21)6-8-16(15)26-14/h6,8-9,12,14H,5,7,10-11H2,1-4H3,(H2,22,24)(H,23,25)/t12-,14-,20?/m0/s1. The molecule has 0 aromatic heterocycles. The number of thioether (sulfide) groups is 1. The lowest BCUT2D eigenvalue weighted by atomic mass is 9.82. The summed E-state index contributed by atoms with van der Waals surface area (Å²) in [6, 6.07) is 6.21. The number of hydrogen-bond acceptors (Lipinski definition) is 5. The van der Waals surface area contributed by atoms with Gasteiger partial charge in [0.15, 0.2) is 5.17 Å². The summed E-state index contributed by atoms with van der Waals surface area (Å²) in [5.41, 5.74) is 6.43. The van der Waals surface area contributed by atoms with Crippen LogP contribution in [0.2, 0.25) is 0 Å². The summed E-state index contributed by atoms with van der Waals surface area (Å²) in [7, 11) is 0. The summed E-state index contributed by atoms with van der Waals surface area (Å²) in [5.74, 6) is 1.81. The molecule has 1 aromatic rings. The molecule has 2 aliphatic heterocycles. The molecule has 7 heteroatoms. The van der Waals surface area contributed by atoms with Gasteiger partial charge < -0.3 is 15.8 Å². The third-order valence-electron chi connectivity index (χ3n) is 5.07. The van der Waals surface area contributed by atoms with Gasteiger partial charge in [0.1, 0.15) is 17.4 Å². The number of rotatable bonds is 4. The van der Waals surface area contributed by atoms with E-state index in [2.05, 4.69) is 34.2 Å². The molecule has 5 nitrogen and oxygen atoms in total. The molecule has 2 heterocycles. The normalized spacial score (nSPS) is 25.5. The number of amidine groups is 1. The van der Waals surface area contributed by atoms with Crippen LogP contribution in [0.5, 0.6) is 5.75 Å². The Labute approximate surface area is 174 Å². The molecule has 1 aromatic carbocycles. The summed E-state index contributed by atoms with van der Waals surface area (Å²) < 4.78 is 7.30. The zero-order chi connectivity index (χ0) is 19.8. The van der Waals surface area contributed by atoms with Crippen molar-refractivity contribution < 1.29 is 9.53 Å². The molecule has 3 atom stereocenters. The van der Waals surface area contributed by atoms with Gasteiger partial charge in [-0.3, -0.25) is 9.79 Å². The maximum Gasteiger partial charge on any atom is 0.225 e. The molecule has 0 saturated heterocycles. The number of benzene rings is 1. The molecule has 148 valence electrons. The van der Waals surface area contributed by atoms with E-state index in [0.717, 1.165) is 40.8 Å². The van der Waals surface area contributed by atoms with E-state index in [-0.39, 0.29) is 29.0 Å². The predicted octanol–water partition coefficient (Wildman–Crippen LogP) is 4.19. The van der Waals surface area contributed by atoms with Crippen molar-refractivity contribution in [2.24, 2.45) is 16.1 Å². The third-order valence-corrected chi connectivity index (χ3v) is 6.57. The molecular formula is C20H28BrN3O2S. The topological polar surface area (TPSA) is 76.7 Å². The van der Waals surface area contributed by atoms with Gasteiger partial charge in [0.05, 0.1) is 0 Å². The van der Waals surface area contributed by atoms with Gasteiger partial charge in [-0.2, -0.15) is 0 Å². The molecule has 0 bridgehead atoms. The van der Waals surface area contributed by atoms with Gasteiger partial charge in [0, 0.05) is 33.7 Å². The van der Waals surface area contributed by atoms with E-state index in [1.807, 2.05) is 32.9 Å². The second-order valence-corrected chi connectivity index (χ2v) is 10.5. The Hall–Kier alpha value is -1.21. The van der Waals surface area contributed by atoms with Crippen LogP contribution in [0.25, 0.3) is 0 Å². The molecule has 0 fully saturated rings. The number of nitrogens with zero attached hydrogens (tertiary/aromatic N) is 1. The maximum absolute atomic E-state index is 12.2. The third kappa shape index (κ3) is 4.62. The number of halogens is 1. The molecule has 0 saturated carbocycles. The van der Waals surface area contributed by atoms with Crippen LogP contribution < -0.4 is 15.8 Å². The Morgan fingerprint density at radius 3 is 2.89 bits per heavy atom. The van der Waals surface area contributed by atoms with E-state index in [1.165, 1.54) is 0 Å². The Bertz CT molecular complexity index is 762. The monoisotopic (exact) mass is 453 g/mol. The summed E-state index contributed by atoms with van der Waals surface area (Å²) >= 11 is 5.17. The molecule has 1 amide bonds. The van der Waals surface area contributed by atoms with Crippen molar-refractivity contribution in [3.8, 4) is 5.75 Å². The number of carbonyl (C=O) groups excluding carboxylic acids is 1. The fourth-order valence-electron chi connectivity index (χ4n) is 3.50. The van der Waals surface area contributed by atoms with E-state index in [0.29, 0.717) is 5.17 Å². The highest BCUT2D eigenvalue weighted by atomic mass is 79.9. The van der Waals surface area contributed by atoms with Crippen molar-refractivity contribution in [2.75, 3.05) is 5.75 Å². The van der Waals surface area contributed by atoms with Crippen molar-refractivity contribution in [3.63, 3.8) is 0 Å². The fourth-order valence-corrected chi connectivity index (χ4v) is 4.82. The van der Waals surface area contributed by atoms with Crippen molar-refractivity contribution in [1.82, 2.24) is 5.32 Å². The second kappa shape index (κ2) is 7.66. The summed E-state index contributed by atoms with van der Waals surface area (Å²) in [6.07, 6.45) is 2.59. The highest BCUT2D eigenvalue weighted by Crippen LogP contribution is 2.48. The SMILES string of the molecule is C[C@@H](CC[C@H]1CC2(CSC(N)=N2)c2cc(Br)ccc2O1)NC(=O)C(C)(C)C. The van der Waals surface area contributed by atoms with E-state index < -0.39 is 0 Å². The van der Waals surface area contributed by atoms with E-state index in [9.17, 15) is 4.79 Å². The number of nitrogens with one attached hydrogen (secondary N) is 1. The average Bonchev–Trinajstić information content (AvgIpc) is 2.94. The quantitative estimate of drug-likeness (QED) is 0.716. The van der Waals surface area contributed by atoms with Crippen LogP contribution in [-0.4, -0.2) is 29.0 Å². The molecule has 1 spiro atoms. The highest BCUT2D eigenvalue weighted by Gasteiger charge is 2.45. The average molecular weight is 454 g/mol. The zero-order valence-corrected chi connectivity index (χ0v) is 18.7. The Balaban J connectivity index is 1.70. The second-order valence-electron chi connectivity index (χ2n) is 8.56. The number of amides is 1. The van der Waals surface area contributed by atoms with Crippen molar-refractivity contribution in [2.45, 2.75) is 64.6 Å². The first-order valence-electron chi connectivity index (χ1n) is 9.35. The Morgan fingerprint density at radius 2 is 2.26 bits per heavy atom. The van der Waals surface area contributed by atoms with Crippen LogP contribution in [0.15, 0.2) is 27.7 Å². The number of ether oxygens (including phenoxy) is 1. The molecule has 27 heavy (non-hydrogen) atoms. The van der Waals surface area contributed by atoms with E-state index in [4.69, 9.17) is 15.5 Å². The first-order valence-corrected chi connectivity index (χ1v) is 11.1. The van der Waals surface area contributed by atoms with Gasteiger partial charge in [-0.15, -0.1) is 0 Å². The summed E-state index contributed by atoms with van der Waals surface area (Å²) in [4.78, 5) is 17.0. The molecule has 0 radical (unpaired) electrons. The number of aliphatic imine (C=N–C) groups is 1. The molecule has 1 unspecified atom stereocenters. The number of hydrogen-bond donors (Lipinski definition) is 2. The lowest BCUT2D eigenvalue weighted by molar-refractivity contribution is -0.129. The van der Waals surface area contributed by atoms with E-state index >= 15 is 0 Å². The van der Waals surface area contributed by atoms with Gasteiger partial charge in [0.25, 0.3) is 0 Å². The fraction of sp³-hybridized carbons (Fsp3) is 0.600. The van der Waals surface area contributed by atoms with Crippen LogP contribution in [0.4, 0.5) is 0 Å². The van der Waals surface area contributed by atoms with Gasteiger partial charge in [0.2, 0.25) is 5.91 Å². The van der Waals surface area contributed by atoms with Crippen LogP contribution in [-0.2, 0) is 10.3 Å². The molecule has 3 N–H and O–H groups in total. The number of fused-ring (bicyclic) bond motifs is 2. The lowest BCUT2D eigenvalue weighted by Gasteiger charge is -2.38. The minimum absolute atomic E-state index is 0.0583. The van der Waals surface area contributed by atoms with Crippen molar-refractivity contribution in [1.29, 1.82) is 0 Å². The van der Waals surface area contributed by atoms with Gasteiger partial charge in [-0.05, 0) is 38.0 Å². The largest absolute Gasteiger partial charge is 0.490 e. The van der Waals surface area contributed by atoms with Gasteiger partial charge in [-0.25, -0.2) is 0 Å². The van der Waals surface area contributed by atoms with Crippen LogP contribution >= 0.6 is 27.7 Å². The molecule has 2 aliphatic rings. The zero-order valence-electron chi connectivity index (χ0n) is 16.3. The summed E-state index contributed by atoms with van der Waals surface area (Å²) in [6.45, 7) is 7.84.